The van der Waals surface area contributed by atoms with Crippen LogP contribution in [0, 0.1) is 12.7 Å². The maximum Gasteiger partial charge on any atom is 0.344 e. The van der Waals surface area contributed by atoms with E-state index in [-0.39, 0.29) is 12.4 Å². The number of rotatable bonds is 5. The lowest BCUT2D eigenvalue weighted by Gasteiger charge is -2.19. The minimum Gasteiger partial charge on any atom is -0.376 e. The molecule has 8 heteroatoms. The van der Waals surface area contributed by atoms with Crippen molar-refractivity contribution < 1.29 is 18.8 Å². The zero-order valence-electron chi connectivity index (χ0n) is 13.2. The van der Waals surface area contributed by atoms with Crippen molar-refractivity contribution >= 4 is 23.5 Å². The van der Waals surface area contributed by atoms with Gasteiger partial charge in [0, 0.05) is 5.69 Å². The average molecular weight is 322 g/mol. The molecule has 2 rings (SSSR count). The molecule has 1 aliphatic heterocycles. The molecule has 0 unspecified atom stereocenters. The summed E-state index contributed by atoms with van der Waals surface area (Å²) in [6, 6.07) is 3.47. The zero-order valence-corrected chi connectivity index (χ0v) is 13.2. The van der Waals surface area contributed by atoms with Crippen LogP contribution in [0.2, 0.25) is 0 Å². The number of hydrogen-bond donors (Lipinski definition) is 3. The van der Waals surface area contributed by atoms with E-state index in [1.807, 2.05) is 0 Å². The molecule has 1 aromatic carbocycles. The van der Waals surface area contributed by atoms with E-state index < -0.39 is 23.4 Å². The van der Waals surface area contributed by atoms with Crippen molar-refractivity contribution in [2.45, 2.75) is 32.7 Å². The Morgan fingerprint density at radius 1 is 1.39 bits per heavy atom. The fourth-order valence-electron chi connectivity index (χ4n) is 2.19. The van der Waals surface area contributed by atoms with E-state index in [0.29, 0.717) is 22.7 Å². The largest absolute Gasteiger partial charge is 0.376 e. The van der Waals surface area contributed by atoms with E-state index in [9.17, 15) is 18.8 Å². The molecule has 1 atom stereocenters. The average Bonchev–Trinajstić information content (AvgIpc) is 2.70. The third kappa shape index (κ3) is 3.41. The summed E-state index contributed by atoms with van der Waals surface area (Å²) >= 11 is 0. The Bertz CT molecular complexity index is 664. The van der Waals surface area contributed by atoms with Crippen LogP contribution in [-0.4, -0.2) is 34.9 Å². The van der Waals surface area contributed by atoms with Crippen molar-refractivity contribution in [1.82, 2.24) is 15.8 Å². The van der Waals surface area contributed by atoms with Crippen LogP contribution >= 0.6 is 0 Å². The van der Waals surface area contributed by atoms with E-state index >= 15 is 0 Å². The SMILES string of the molecule is CC[C@@]1(C)NC(=O)N(NC(=O)CNc2ccc(F)cc2C)C1=O. The number of imide groups is 1. The summed E-state index contributed by atoms with van der Waals surface area (Å²) in [5.74, 6) is -1.43. The molecule has 7 nitrogen and oxygen atoms in total. The third-order valence-corrected chi connectivity index (χ3v) is 3.83. The van der Waals surface area contributed by atoms with Gasteiger partial charge in [0.2, 0.25) is 0 Å². The van der Waals surface area contributed by atoms with Crippen LogP contribution in [-0.2, 0) is 9.59 Å². The highest BCUT2D eigenvalue weighted by atomic mass is 19.1. The number of benzene rings is 1. The molecule has 1 heterocycles. The topological polar surface area (TPSA) is 90.5 Å². The minimum absolute atomic E-state index is 0.160. The highest BCUT2D eigenvalue weighted by Gasteiger charge is 2.47. The number of amides is 4. The van der Waals surface area contributed by atoms with Crippen LogP contribution in [0.1, 0.15) is 25.8 Å². The second-order valence-electron chi connectivity index (χ2n) is 5.60. The second kappa shape index (κ2) is 6.23. The van der Waals surface area contributed by atoms with Crippen molar-refractivity contribution in [2.24, 2.45) is 0 Å². The maximum atomic E-state index is 13.0. The van der Waals surface area contributed by atoms with Gasteiger partial charge in [0.05, 0.1) is 6.54 Å². The Morgan fingerprint density at radius 2 is 2.09 bits per heavy atom. The van der Waals surface area contributed by atoms with Gasteiger partial charge in [-0.3, -0.25) is 15.0 Å². The summed E-state index contributed by atoms with van der Waals surface area (Å²) in [7, 11) is 0. The quantitative estimate of drug-likeness (QED) is 0.713. The molecule has 23 heavy (non-hydrogen) atoms. The normalized spacial score (nSPS) is 20.4. The van der Waals surface area contributed by atoms with Gasteiger partial charge in [-0.1, -0.05) is 6.92 Å². The van der Waals surface area contributed by atoms with Crippen molar-refractivity contribution in [3.05, 3.63) is 29.6 Å². The number of carbonyl (C=O) groups is 3. The van der Waals surface area contributed by atoms with E-state index in [1.54, 1.807) is 20.8 Å². The molecular weight excluding hydrogens is 303 g/mol. The fourth-order valence-corrected chi connectivity index (χ4v) is 2.19. The number of urea groups is 1. The van der Waals surface area contributed by atoms with Crippen molar-refractivity contribution in [3.63, 3.8) is 0 Å². The molecule has 0 radical (unpaired) electrons. The fraction of sp³-hybridized carbons (Fsp3) is 0.400. The lowest BCUT2D eigenvalue weighted by molar-refractivity contribution is -0.138. The summed E-state index contributed by atoms with van der Waals surface area (Å²) < 4.78 is 13.0. The Kier molecular flexibility index (Phi) is 4.53. The van der Waals surface area contributed by atoms with E-state index in [0.717, 1.165) is 0 Å². The second-order valence-corrected chi connectivity index (χ2v) is 5.60. The number of nitrogens with zero attached hydrogens (tertiary/aromatic N) is 1. The number of halogens is 1. The number of anilines is 1. The van der Waals surface area contributed by atoms with Crippen molar-refractivity contribution in [3.8, 4) is 0 Å². The highest BCUT2D eigenvalue weighted by molar-refractivity contribution is 6.07. The number of carbonyl (C=O) groups excluding carboxylic acids is 3. The van der Waals surface area contributed by atoms with Gasteiger partial charge in [-0.15, -0.1) is 0 Å². The van der Waals surface area contributed by atoms with Crippen LogP contribution in [0.4, 0.5) is 14.9 Å². The predicted molar refractivity (Wildman–Crippen MR) is 81.8 cm³/mol. The smallest absolute Gasteiger partial charge is 0.344 e. The lowest BCUT2D eigenvalue weighted by Crippen LogP contribution is -2.50. The highest BCUT2D eigenvalue weighted by Crippen LogP contribution is 2.19. The van der Waals surface area contributed by atoms with Crippen LogP contribution in [0.5, 0.6) is 0 Å². The molecule has 0 bridgehead atoms. The van der Waals surface area contributed by atoms with Crippen molar-refractivity contribution in [1.29, 1.82) is 0 Å². The van der Waals surface area contributed by atoms with Gasteiger partial charge >= 0.3 is 6.03 Å². The van der Waals surface area contributed by atoms with Gasteiger partial charge in [0.15, 0.2) is 0 Å². The van der Waals surface area contributed by atoms with Crippen LogP contribution in [0.3, 0.4) is 0 Å². The van der Waals surface area contributed by atoms with Gasteiger partial charge in [-0.05, 0) is 44.0 Å². The summed E-state index contributed by atoms with van der Waals surface area (Å²) in [6.07, 6.45) is 0.414. The standard InChI is InChI=1S/C15H19FN4O3/c1-4-15(3)13(22)20(14(23)18-15)19-12(21)8-17-11-6-5-10(16)7-9(11)2/h5-7,17H,4,8H2,1-3H3,(H,18,23)(H,19,21)/t15-/m1/s1. The van der Waals surface area contributed by atoms with Crippen LogP contribution < -0.4 is 16.1 Å². The molecular formula is C15H19FN4O3. The molecule has 0 saturated carbocycles. The molecule has 4 amide bonds. The molecule has 3 N–H and O–H groups in total. The monoisotopic (exact) mass is 322 g/mol. The first-order valence-electron chi connectivity index (χ1n) is 7.23. The summed E-state index contributed by atoms with van der Waals surface area (Å²) in [4.78, 5) is 35.8. The van der Waals surface area contributed by atoms with Crippen LogP contribution in [0.15, 0.2) is 18.2 Å². The molecule has 1 aliphatic rings. The Labute approximate surface area is 133 Å². The Balaban J connectivity index is 1.95. The van der Waals surface area contributed by atoms with E-state index in [2.05, 4.69) is 16.1 Å². The predicted octanol–water partition coefficient (Wildman–Crippen LogP) is 1.30. The number of nitrogens with one attached hydrogen (secondary N) is 3. The molecule has 1 aromatic rings. The first kappa shape index (κ1) is 16.7. The first-order chi connectivity index (χ1) is 10.8. The van der Waals surface area contributed by atoms with Crippen molar-refractivity contribution in [2.75, 3.05) is 11.9 Å². The molecule has 1 fully saturated rings. The Morgan fingerprint density at radius 3 is 2.65 bits per heavy atom. The first-order valence-corrected chi connectivity index (χ1v) is 7.23. The van der Waals surface area contributed by atoms with Gasteiger partial charge < -0.3 is 10.6 Å². The van der Waals surface area contributed by atoms with Gasteiger partial charge in [-0.2, -0.15) is 5.01 Å². The molecule has 0 spiro atoms. The molecule has 1 saturated heterocycles. The van der Waals surface area contributed by atoms with Crippen LogP contribution in [0.25, 0.3) is 0 Å². The van der Waals surface area contributed by atoms with E-state index in [4.69, 9.17) is 0 Å². The van der Waals surface area contributed by atoms with Gasteiger partial charge in [0.1, 0.15) is 11.4 Å². The summed E-state index contributed by atoms with van der Waals surface area (Å²) in [5.41, 5.74) is 2.50. The summed E-state index contributed by atoms with van der Waals surface area (Å²) in [5, 5.41) is 6.05. The lowest BCUT2D eigenvalue weighted by atomic mass is 10.00. The molecule has 0 aromatic heterocycles. The van der Waals surface area contributed by atoms with E-state index in [1.165, 1.54) is 18.2 Å². The zero-order chi connectivity index (χ0) is 17.2. The molecule has 0 aliphatic carbocycles. The maximum absolute atomic E-state index is 13.0. The summed E-state index contributed by atoms with van der Waals surface area (Å²) in [6.45, 7) is 4.90. The van der Waals surface area contributed by atoms with Gasteiger partial charge in [-0.25, -0.2) is 9.18 Å². The number of hydrogen-bond acceptors (Lipinski definition) is 4. The minimum atomic E-state index is -1.01. The third-order valence-electron chi connectivity index (χ3n) is 3.83. The number of aryl methyl sites for hydroxylation is 1. The molecule has 124 valence electrons. The van der Waals surface area contributed by atoms with Gasteiger partial charge in [0.25, 0.3) is 11.8 Å². The number of hydrazine groups is 1. The Hall–Kier alpha value is -2.64.